The molecule has 3 atom stereocenters. The van der Waals surface area contributed by atoms with Crippen molar-refractivity contribution in [2.24, 2.45) is 11.7 Å². The average molecular weight is 502 g/mol. The quantitative estimate of drug-likeness (QED) is 0.248. The van der Waals surface area contributed by atoms with Crippen LogP contribution in [0, 0.1) is 5.92 Å². The SMILES string of the molecule is CN[C@@H](C)C(=O)N[C@H](C(=O)N[C@@H](CCC(N)=O)C(=O)Nc1cccc2ccccc12)C(C)C.O=CO. The number of carbonyl (C=O) groups excluding carboxylic acids is 4. The predicted octanol–water partition coefficient (Wildman–Crippen LogP) is 0.978. The van der Waals surface area contributed by atoms with Gasteiger partial charge in [0.05, 0.1) is 6.04 Å². The highest BCUT2D eigenvalue weighted by atomic mass is 16.3. The zero-order valence-electron chi connectivity index (χ0n) is 20.9. The van der Waals surface area contributed by atoms with Crippen LogP contribution in [0.1, 0.15) is 33.6 Å². The van der Waals surface area contributed by atoms with E-state index in [1.54, 1.807) is 33.9 Å². The highest BCUT2D eigenvalue weighted by Gasteiger charge is 2.30. The average Bonchev–Trinajstić information content (AvgIpc) is 2.84. The molecule has 0 spiro atoms. The zero-order valence-corrected chi connectivity index (χ0v) is 20.9. The summed E-state index contributed by atoms with van der Waals surface area (Å²) in [5.41, 5.74) is 5.86. The van der Waals surface area contributed by atoms with E-state index >= 15 is 0 Å². The molecule has 36 heavy (non-hydrogen) atoms. The Kier molecular flexibility index (Phi) is 12.6. The molecular formula is C25H35N5O6. The molecule has 11 nitrogen and oxygen atoms in total. The molecule has 0 aliphatic rings. The zero-order chi connectivity index (χ0) is 27.3. The number of likely N-dealkylation sites (N-methyl/N-ethyl adjacent to an activating group) is 1. The minimum Gasteiger partial charge on any atom is -0.483 e. The van der Waals surface area contributed by atoms with Gasteiger partial charge in [0.2, 0.25) is 23.6 Å². The number of rotatable bonds is 11. The Balaban J connectivity index is 0.00000205. The Morgan fingerprint density at radius 1 is 0.944 bits per heavy atom. The second kappa shape index (κ2) is 15.1. The number of primary amides is 1. The van der Waals surface area contributed by atoms with Crippen LogP contribution < -0.4 is 27.0 Å². The summed E-state index contributed by atoms with van der Waals surface area (Å²) in [5, 5.41) is 19.8. The molecule has 0 aliphatic heterocycles. The summed E-state index contributed by atoms with van der Waals surface area (Å²) in [4.78, 5) is 58.1. The van der Waals surface area contributed by atoms with Crippen molar-refractivity contribution in [3.8, 4) is 0 Å². The number of hydrogen-bond donors (Lipinski definition) is 6. The van der Waals surface area contributed by atoms with Gasteiger partial charge >= 0.3 is 0 Å². The van der Waals surface area contributed by atoms with Crippen molar-refractivity contribution in [1.29, 1.82) is 0 Å². The lowest BCUT2D eigenvalue weighted by atomic mass is 10.0. The normalized spacial score (nSPS) is 12.9. The second-order valence-corrected chi connectivity index (χ2v) is 8.43. The van der Waals surface area contributed by atoms with Gasteiger partial charge in [0.25, 0.3) is 6.47 Å². The number of amides is 4. The summed E-state index contributed by atoms with van der Waals surface area (Å²) >= 11 is 0. The van der Waals surface area contributed by atoms with Crippen LogP contribution in [0.15, 0.2) is 42.5 Å². The molecule has 0 saturated heterocycles. The minimum absolute atomic E-state index is 0.0311. The van der Waals surface area contributed by atoms with E-state index in [0.717, 1.165) is 10.8 Å². The second-order valence-electron chi connectivity index (χ2n) is 8.43. The van der Waals surface area contributed by atoms with Crippen molar-refractivity contribution in [3.05, 3.63) is 42.5 Å². The van der Waals surface area contributed by atoms with Gasteiger partial charge in [-0.05, 0) is 37.8 Å². The fourth-order valence-electron chi connectivity index (χ4n) is 3.32. The van der Waals surface area contributed by atoms with E-state index in [9.17, 15) is 19.2 Å². The maximum Gasteiger partial charge on any atom is 0.290 e. The van der Waals surface area contributed by atoms with E-state index < -0.39 is 35.8 Å². The Morgan fingerprint density at radius 3 is 2.14 bits per heavy atom. The molecule has 0 aromatic heterocycles. The van der Waals surface area contributed by atoms with Crippen LogP contribution in [-0.4, -0.2) is 60.4 Å². The van der Waals surface area contributed by atoms with Gasteiger partial charge in [-0.2, -0.15) is 0 Å². The lowest BCUT2D eigenvalue weighted by Gasteiger charge is -2.26. The number of hydrogen-bond acceptors (Lipinski definition) is 6. The Hall–Kier alpha value is -3.99. The number of benzene rings is 2. The van der Waals surface area contributed by atoms with E-state index in [1.807, 2.05) is 36.4 Å². The molecule has 0 radical (unpaired) electrons. The highest BCUT2D eigenvalue weighted by Crippen LogP contribution is 2.23. The molecule has 0 aliphatic carbocycles. The molecule has 2 rings (SSSR count). The molecule has 0 unspecified atom stereocenters. The van der Waals surface area contributed by atoms with Gasteiger partial charge in [0, 0.05) is 17.5 Å². The van der Waals surface area contributed by atoms with Gasteiger partial charge < -0.3 is 32.1 Å². The largest absolute Gasteiger partial charge is 0.483 e. The number of carboxylic acid groups (broad SMARTS) is 1. The summed E-state index contributed by atoms with van der Waals surface area (Å²) in [7, 11) is 1.65. The van der Waals surface area contributed by atoms with Crippen LogP contribution in [0.3, 0.4) is 0 Å². The topological polar surface area (TPSA) is 180 Å². The predicted molar refractivity (Wildman–Crippen MR) is 137 cm³/mol. The first-order valence-corrected chi connectivity index (χ1v) is 11.5. The van der Waals surface area contributed by atoms with E-state index in [1.165, 1.54) is 0 Å². The fourth-order valence-corrected chi connectivity index (χ4v) is 3.32. The van der Waals surface area contributed by atoms with E-state index in [2.05, 4.69) is 21.3 Å². The maximum atomic E-state index is 13.1. The Morgan fingerprint density at radius 2 is 1.56 bits per heavy atom. The molecule has 2 aromatic rings. The van der Waals surface area contributed by atoms with Crippen LogP contribution in [0.5, 0.6) is 0 Å². The Labute approximate surface area is 210 Å². The number of fused-ring (bicyclic) bond motifs is 1. The molecule has 0 bridgehead atoms. The third-order valence-corrected chi connectivity index (χ3v) is 5.43. The van der Waals surface area contributed by atoms with Gasteiger partial charge in [-0.25, -0.2) is 0 Å². The summed E-state index contributed by atoms with van der Waals surface area (Å²) in [6.07, 6.45) is -0.0489. The Bertz CT molecular complexity index is 1050. The highest BCUT2D eigenvalue weighted by molar-refractivity contribution is 6.05. The summed E-state index contributed by atoms with van der Waals surface area (Å²) in [6.45, 7) is 5.02. The van der Waals surface area contributed by atoms with Gasteiger partial charge in [0.15, 0.2) is 0 Å². The molecular weight excluding hydrogens is 466 g/mol. The lowest BCUT2D eigenvalue weighted by molar-refractivity contribution is -0.132. The van der Waals surface area contributed by atoms with Crippen LogP contribution >= 0.6 is 0 Å². The monoisotopic (exact) mass is 501 g/mol. The third-order valence-electron chi connectivity index (χ3n) is 5.43. The van der Waals surface area contributed by atoms with Gasteiger partial charge in [-0.1, -0.05) is 50.2 Å². The van der Waals surface area contributed by atoms with Crippen LogP contribution in [-0.2, 0) is 24.0 Å². The van der Waals surface area contributed by atoms with E-state index in [4.69, 9.17) is 15.6 Å². The van der Waals surface area contributed by atoms with Gasteiger partial charge in [-0.15, -0.1) is 0 Å². The summed E-state index contributed by atoms with van der Waals surface area (Å²) in [5.74, 6) is -2.12. The summed E-state index contributed by atoms with van der Waals surface area (Å²) < 4.78 is 0. The van der Waals surface area contributed by atoms with Crippen molar-refractivity contribution in [1.82, 2.24) is 16.0 Å². The molecule has 0 heterocycles. The minimum atomic E-state index is -1.01. The third kappa shape index (κ3) is 9.34. The first-order chi connectivity index (χ1) is 17.0. The molecule has 0 fully saturated rings. The van der Waals surface area contributed by atoms with E-state index in [-0.39, 0.29) is 31.1 Å². The molecule has 0 saturated carbocycles. The lowest BCUT2D eigenvalue weighted by Crippen LogP contribution is -2.56. The standard InChI is InChI=1S/C24H33N5O4.CH2O2/c1-14(2)21(29-22(31)15(3)26-4)24(33)28-19(12-13-20(25)30)23(32)27-18-11-7-9-16-8-5-6-10-17(16)18;2-1-3/h5-11,14-15,19,21,26H,12-13H2,1-4H3,(H2,25,30)(H,27,32)(H,28,33)(H,29,31);1H,(H,2,3)/t15-,19-,21-;/m0./s1. The number of nitrogens with one attached hydrogen (secondary N) is 4. The molecule has 196 valence electrons. The van der Waals surface area contributed by atoms with Crippen LogP contribution in [0.2, 0.25) is 0 Å². The number of anilines is 1. The van der Waals surface area contributed by atoms with Crippen molar-refractivity contribution >= 4 is 46.6 Å². The van der Waals surface area contributed by atoms with Crippen molar-refractivity contribution in [2.45, 2.75) is 51.7 Å². The van der Waals surface area contributed by atoms with Crippen LogP contribution in [0.25, 0.3) is 10.8 Å². The number of carbonyl (C=O) groups is 5. The first kappa shape index (κ1) is 30.0. The maximum absolute atomic E-state index is 13.1. The molecule has 4 amide bonds. The molecule has 7 N–H and O–H groups in total. The molecule has 2 aromatic carbocycles. The van der Waals surface area contributed by atoms with Crippen LogP contribution in [0.4, 0.5) is 5.69 Å². The van der Waals surface area contributed by atoms with E-state index in [0.29, 0.717) is 5.69 Å². The van der Waals surface area contributed by atoms with Crippen molar-refractivity contribution in [3.63, 3.8) is 0 Å². The molecule has 11 heteroatoms. The summed E-state index contributed by atoms with van der Waals surface area (Å²) in [6, 6.07) is 10.8. The smallest absolute Gasteiger partial charge is 0.290 e. The fraction of sp³-hybridized carbons (Fsp3) is 0.400. The number of nitrogens with two attached hydrogens (primary N) is 1. The van der Waals surface area contributed by atoms with Crippen molar-refractivity contribution in [2.75, 3.05) is 12.4 Å². The first-order valence-electron chi connectivity index (χ1n) is 11.5. The van der Waals surface area contributed by atoms with Gasteiger partial charge in [-0.3, -0.25) is 24.0 Å². The van der Waals surface area contributed by atoms with Crippen molar-refractivity contribution < 1.29 is 29.1 Å². The van der Waals surface area contributed by atoms with Gasteiger partial charge in [0.1, 0.15) is 12.1 Å².